The fourth-order valence-corrected chi connectivity index (χ4v) is 6.11. The van der Waals surface area contributed by atoms with Crippen molar-refractivity contribution in [2.45, 2.75) is 31.7 Å². The molecule has 0 aliphatic carbocycles. The number of carbonyl (C=O) groups is 1. The average Bonchev–Trinajstić information content (AvgIpc) is 3.32. The lowest BCUT2D eigenvalue weighted by Crippen LogP contribution is -2.46. The van der Waals surface area contributed by atoms with Crippen LogP contribution in [0.5, 0.6) is 5.75 Å². The molecule has 3 aromatic carbocycles. The summed E-state index contributed by atoms with van der Waals surface area (Å²) in [5.41, 5.74) is 4.65. The molecule has 2 fully saturated rings. The minimum Gasteiger partial charge on any atom is -0.483 e. The van der Waals surface area contributed by atoms with Gasteiger partial charge in [-0.05, 0) is 67.1 Å². The zero-order valence-electron chi connectivity index (χ0n) is 24.1. The van der Waals surface area contributed by atoms with Gasteiger partial charge in [0.15, 0.2) is 12.4 Å². The predicted octanol–water partition coefficient (Wildman–Crippen LogP) is 5.64. The number of carbonyl (C=O) groups excluding carboxylic acids is 1. The van der Waals surface area contributed by atoms with E-state index in [0.29, 0.717) is 11.7 Å². The normalized spacial score (nSPS) is 18.0. The number of anilines is 1. The zero-order valence-corrected chi connectivity index (χ0v) is 24.1. The molecule has 0 bridgehead atoms. The minimum absolute atomic E-state index is 0.0476. The third-order valence-electron chi connectivity index (χ3n) is 8.47. The van der Waals surface area contributed by atoms with E-state index in [0.717, 1.165) is 82.0 Å². The molecule has 216 valence electrons. The van der Waals surface area contributed by atoms with Gasteiger partial charge in [0.1, 0.15) is 5.75 Å². The van der Waals surface area contributed by atoms with Crippen LogP contribution in [-0.2, 0) is 11.3 Å². The summed E-state index contributed by atoms with van der Waals surface area (Å²) in [7, 11) is 0. The van der Waals surface area contributed by atoms with E-state index >= 15 is 0 Å². The monoisotopic (exact) mass is 561 g/mol. The number of para-hydroxylation sites is 1. The fraction of sp³-hybridized carbons (Fsp3) is 0.343. The quantitative estimate of drug-likeness (QED) is 0.278. The molecule has 7 nitrogen and oxygen atoms in total. The number of benzene rings is 3. The van der Waals surface area contributed by atoms with Crippen LogP contribution >= 0.6 is 0 Å². The van der Waals surface area contributed by atoms with Gasteiger partial charge in [0.2, 0.25) is 0 Å². The molecule has 3 heterocycles. The van der Waals surface area contributed by atoms with Gasteiger partial charge >= 0.3 is 0 Å². The maximum Gasteiger partial charge on any atom is 0.260 e. The largest absolute Gasteiger partial charge is 0.483 e. The Morgan fingerprint density at radius 2 is 1.52 bits per heavy atom. The molecule has 1 unspecified atom stereocenters. The predicted molar refractivity (Wildman–Crippen MR) is 167 cm³/mol. The molecule has 2 aliphatic heterocycles. The number of nitrogens with zero attached hydrogens (tertiary/aromatic N) is 5. The van der Waals surface area contributed by atoms with Crippen molar-refractivity contribution in [1.82, 2.24) is 19.8 Å². The van der Waals surface area contributed by atoms with Crippen LogP contribution in [0.25, 0.3) is 11.4 Å². The van der Waals surface area contributed by atoms with E-state index in [4.69, 9.17) is 4.74 Å². The number of hydrogen-bond donors (Lipinski definition) is 0. The van der Waals surface area contributed by atoms with E-state index in [9.17, 15) is 4.79 Å². The van der Waals surface area contributed by atoms with E-state index < -0.39 is 0 Å². The Bertz CT molecular complexity index is 1430. The first-order valence-corrected chi connectivity index (χ1v) is 15.1. The second-order valence-electron chi connectivity index (χ2n) is 11.2. The Morgan fingerprint density at radius 3 is 2.29 bits per heavy atom. The van der Waals surface area contributed by atoms with Crippen molar-refractivity contribution in [1.29, 1.82) is 0 Å². The number of aromatic nitrogens is 2. The summed E-state index contributed by atoms with van der Waals surface area (Å²) in [4.78, 5) is 29.1. The number of ether oxygens (including phenoxy) is 1. The van der Waals surface area contributed by atoms with Gasteiger partial charge < -0.3 is 14.5 Å². The average molecular weight is 562 g/mol. The summed E-state index contributed by atoms with van der Waals surface area (Å²) >= 11 is 0. The number of likely N-dealkylation sites (tertiary alicyclic amines) is 1. The van der Waals surface area contributed by atoms with Crippen LogP contribution in [0.2, 0.25) is 0 Å². The standard InChI is InChI=1S/C35H39N5O2/c41-34(40-19-7-11-29(16-20-40)28-9-3-1-4-10-28)27-42-33-15-14-30(35-36-17-8-18-37-35)25-31(33)26-38-21-23-39(24-22-38)32-12-5-2-6-13-32/h1-6,8-10,12-15,17-18,25,29H,7,11,16,19-24,26-27H2. The van der Waals surface area contributed by atoms with Crippen molar-refractivity contribution >= 4 is 11.6 Å². The van der Waals surface area contributed by atoms with Gasteiger partial charge in [0, 0.05) is 75.0 Å². The number of rotatable bonds is 8. The summed E-state index contributed by atoms with van der Waals surface area (Å²) in [5.74, 6) is 2.01. The van der Waals surface area contributed by atoms with Crippen molar-refractivity contribution in [2.75, 3.05) is 50.8 Å². The van der Waals surface area contributed by atoms with Crippen LogP contribution in [0.3, 0.4) is 0 Å². The second-order valence-corrected chi connectivity index (χ2v) is 11.2. The summed E-state index contributed by atoms with van der Waals surface area (Å²) in [6.45, 7) is 6.20. The molecule has 4 aromatic rings. The van der Waals surface area contributed by atoms with Crippen LogP contribution in [0.4, 0.5) is 5.69 Å². The highest BCUT2D eigenvalue weighted by atomic mass is 16.5. The Morgan fingerprint density at radius 1 is 0.786 bits per heavy atom. The van der Waals surface area contributed by atoms with E-state index in [1.807, 2.05) is 23.1 Å². The second kappa shape index (κ2) is 13.6. The molecule has 1 aromatic heterocycles. The summed E-state index contributed by atoms with van der Waals surface area (Å²) in [6.07, 6.45) is 6.63. The number of amides is 1. The molecule has 42 heavy (non-hydrogen) atoms. The Balaban J connectivity index is 1.11. The molecular formula is C35H39N5O2. The maximum absolute atomic E-state index is 13.3. The third-order valence-corrected chi connectivity index (χ3v) is 8.47. The van der Waals surface area contributed by atoms with Crippen LogP contribution in [-0.4, -0.2) is 71.6 Å². The van der Waals surface area contributed by atoms with Crippen molar-refractivity contribution in [3.63, 3.8) is 0 Å². The first-order valence-electron chi connectivity index (χ1n) is 15.1. The molecule has 0 radical (unpaired) electrons. The molecular weight excluding hydrogens is 522 g/mol. The lowest BCUT2D eigenvalue weighted by Gasteiger charge is -2.36. The van der Waals surface area contributed by atoms with Gasteiger partial charge in [0.05, 0.1) is 0 Å². The Hall–Kier alpha value is -4.23. The topological polar surface area (TPSA) is 61.8 Å². The number of hydrogen-bond acceptors (Lipinski definition) is 6. The third kappa shape index (κ3) is 6.97. The van der Waals surface area contributed by atoms with Crippen molar-refractivity contribution in [3.8, 4) is 17.1 Å². The van der Waals surface area contributed by atoms with Gasteiger partial charge in [-0.15, -0.1) is 0 Å². The molecule has 7 heteroatoms. The summed E-state index contributed by atoms with van der Waals surface area (Å²) < 4.78 is 6.26. The first-order chi connectivity index (χ1) is 20.7. The van der Waals surface area contributed by atoms with Crippen molar-refractivity contribution < 1.29 is 9.53 Å². The first kappa shape index (κ1) is 27.9. The highest BCUT2D eigenvalue weighted by molar-refractivity contribution is 5.78. The van der Waals surface area contributed by atoms with Gasteiger partial charge in [-0.1, -0.05) is 48.5 Å². The fourth-order valence-electron chi connectivity index (χ4n) is 6.11. The van der Waals surface area contributed by atoms with Crippen LogP contribution in [0.1, 0.15) is 36.3 Å². The molecule has 1 amide bonds. The van der Waals surface area contributed by atoms with Crippen molar-refractivity contribution in [3.05, 3.63) is 108 Å². The SMILES string of the molecule is O=C(COc1ccc(-c2ncccn2)cc1CN1CCN(c2ccccc2)CC1)N1CCCC(c2ccccc2)CC1. The van der Waals surface area contributed by atoms with Crippen LogP contribution < -0.4 is 9.64 Å². The number of piperazine rings is 1. The van der Waals surface area contributed by atoms with Crippen LogP contribution in [0.15, 0.2) is 97.3 Å². The summed E-state index contributed by atoms with van der Waals surface area (Å²) in [5, 5.41) is 0. The highest BCUT2D eigenvalue weighted by Crippen LogP contribution is 2.29. The lowest BCUT2D eigenvalue weighted by atomic mass is 9.92. The Labute approximate surface area is 248 Å². The Kier molecular flexibility index (Phi) is 9.05. The minimum atomic E-state index is 0.0476. The van der Waals surface area contributed by atoms with E-state index in [1.165, 1.54) is 11.3 Å². The smallest absolute Gasteiger partial charge is 0.260 e. The molecule has 2 aliphatic rings. The van der Waals surface area contributed by atoms with Gasteiger partial charge in [0.25, 0.3) is 5.91 Å². The van der Waals surface area contributed by atoms with Crippen LogP contribution in [0, 0.1) is 0 Å². The summed E-state index contributed by atoms with van der Waals surface area (Å²) in [6, 6.07) is 29.2. The molecule has 1 atom stereocenters. The van der Waals surface area contributed by atoms with E-state index in [-0.39, 0.29) is 12.5 Å². The lowest BCUT2D eigenvalue weighted by molar-refractivity contribution is -0.133. The molecule has 2 saturated heterocycles. The van der Waals surface area contributed by atoms with Crippen molar-refractivity contribution in [2.24, 2.45) is 0 Å². The van der Waals surface area contributed by atoms with E-state index in [2.05, 4.69) is 86.5 Å². The zero-order chi connectivity index (χ0) is 28.6. The molecule has 0 saturated carbocycles. The van der Waals surface area contributed by atoms with E-state index in [1.54, 1.807) is 12.4 Å². The maximum atomic E-state index is 13.3. The molecule has 6 rings (SSSR count). The van der Waals surface area contributed by atoms with Gasteiger partial charge in [-0.25, -0.2) is 9.97 Å². The van der Waals surface area contributed by atoms with Gasteiger partial charge in [-0.2, -0.15) is 0 Å². The van der Waals surface area contributed by atoms with Gasteiger partial charge in [-0.3, -0.25) is 9.69 Å². The highest BCUT2D eigenvalue weighted by Gasteiger charge is 2.23. The molecule has 0 N–H and O–H groups in total. The molecule has 0 spiro atoms.